The van der Waals surface area contributed by atoms with Gasteiger partial charge >= 0.3 is 6.18 Å². The highest BCUT2D eigenvalue weighted by Gasteiger charge is 2.42. The number of hydrogen-bond donors (Lipinski definition) is 1. The molecule has 1 aromatic rings. The molecule has 1 aliphatic rings. The fourth-order valence-electron chi connectivity index (χ4n) is 2.96. The second-order valence-corrected chi connectivity index (χ2v) is 7.49. The molecular weight excluding hydrogens is 303 g/mol. The summed E-state index contributed by atoms with van der Waals surface area (Å²) in [6.07, 6.45) is -2.09. The SMILES string of the molecule is NCC1CCCCC1S(=O)(=O)c1ccccc1C(F)(F)F. The second kappa shape index (κ2) is 5.96. The van der Waals surface area contributed by atoms with Crippen molar-refractivity contribution in [3.05, 3.63) is 29.8 Å². The number of sulfone groups is 1. The molecule has 1 fully saturated rings. The number of halogens is 3. The summed E-state index contributed by atoms with van der Waals surface area (Å²) in [6.45, 7) is 0.179. The van der Waals surface area contributed by atoms with Crippen molar-refractivity contribution < 1.29 is 21.6 Å². The summed E-state index contributed by atoms with van der Waals surface area (Å²) in [5.41, 5.74) is 4.51. The Labute approximate surface area is 122 Å². The topological polar surface area (TPSA) is 60.2 Å². The number of rotatable bonds is 3. The van der Waals surface area contributed by atoms with Gasteiger partial charge in [0.25, 0.3) is 0 Å². The van der Waals surface area contributed by atoms with Crippen molar-refractivity contribution in [2.24, 2.45) is 11.7 Å². The van der Waals surface area contributed by atoms with Gasteiger partial charge in [-0.05, 0) is 37.4 Å². The molecule has 0 aliphatic heterocycles. The second-order valence-electron chi connectivity index (χ2n) is 5.36. The van der Waals surface area contributed by atoms with Gasteiger partial charge in [-0.15, -0.1) is 0 Å². The highest BCUT2D eigenvalue weighted by Crippen LogP contribution is 2.39. The molecule has 1 saturated carbocycles. The van der Waals surface area contributed by atoms with Gasteiger partial charge in [-0.1, -0.05) is 25.0 Å². The molecule has 2 N–H and O–H groups in total. The lowest BCUT2D eigenvalue weighted by atomic mass is 9.89. The molecule has 1 aliphatic carbocycles. The molecule has 2 atom stereocenters. The van der Waals surface area contributed by atoms with Crippen LogP contribution in [0.1, 0.15) is 31.2 Å². The Bertz CT molecular complexity index is 598. The van der Waals surface area contributed by atoms with Crippen LogP contribution in [-0.2, 0) is 16.0 Å². The molecule has 0 aromatic heterocycles. The summed E-state index contributed by atoms with van der Waals surface area (Å²) < 4.78 is 64.4. The van der Waals surface area contributed by atoms with E-state index in [-0.39, 0.29) is 12.5 Å². The van der Waals surface area contributed by atoms with E-state index in [4.69, 9.17) is 5.73 Å². The molecule has 118 valence electrons. The Kier molecular flexibility index (Phi) is 4.63. The Morgan fingerprint density at radius 1 is 1.14 bits per heavy atom. The van der Waals surface area contributed by atoms with E-state index in [2.05, 4.69) is 0 Å². The lowest BCUT2D eigenvalue weighted by Crippen LogP contribution is -2.37. The predicted octanol–water partition coefficient (Wildman–Crippen LogP) is 3.00. The minimum atomic E-state index is -4.68. The van der Waals surface area contributed by atoms with E-state index < -0.39 is 31.7 Å². The summed E-state index contributed by atoms with van der Waals surface area (Å²) in [6, 6.07) is 4.37. The first-order chi connectivity index (χ1) is 9.78. The van der Waals surface area contributed by atoms with E-state index >= 15 is 0 Å². The van der Waals surface area contributed by atoms with Crippen LogP contribution in [-0.4, -0.2) is 20.2 Å². The molecule has 0 radical (unpaired) electrons. The minimum Gasteiger partial charge on any atom is -0.330 e. The van der Waals surface area contributed by atoms with Crippen LogP contribution in [0.2, 0.25) is 0 Å². The third kappa shape index (κ3) is 3.23. The standard InChI is InChI=1S/C14H18F3NO2S/c15-14(16,17)11-6-2-4-8-13(11)21(19,20)12-7-3-1-5-10(12)9-18/h2,4,6,8,10,12H,1,3,5,7,9,18H2. The van der Waals surface area contributed by atoms with Gasteiger partial charge in [0.1, 0.15) is 0 Å². The first kappa shape index (κ1) is 16.3. The van der Waals surface area contributed by atoms with Crippen molar-refractivity contribution in [3.63, 3.8) is 0 Å². The van der Waals surface area contributed by atoms with Gasteiger partial charge in [-0.3, -0.25) is 0 Å². The van der Waals surface area contributed by atoms with E-state index in [9.17, 15) is 21.6 Å². The molecule has 1 aromatic carbocycles. The third-order valence-electron chi connectivity index (χ3n) is 4.04. The maximum Gasteiger partial charge on any atom is 0.417 e. The predicted molar refractivity (Wildman–Crippen MR) is 73.4 cm³/mol. The molecule has 7 heteroatoms. The molecular formula is C14H18F3NO2S. The number of benzene rings is 1. The highest BCUT2D eigenvalue weighted by molar-refractivity contribution is 7.92. The average molecular weight is 321 g/mol. The van der Waals surface area contributed by atoms with E-state index in [1.54, 1.807) is 0 Å². The summed E-state index contributed by atoms with van der Waals surface area (Å²) in [5, 5.41) is -0.820. The summed E-state index contributed by atoms with van der Waals surface area (Å²) >= 11 is 0. The van der Waals surface area contributed by atoms with Gasteiger partial charge < -0.3 is 5.73 Å². The van der Waals surface area contributed by atoms with Crippen molar-refractivity contribution in [3.8, 4) is 0 Å². The summed E-state index contributed by atoms with van der Waals surface area (Å²) in [5.74, 6) is -0.273. The molecule has 0 spiro atoms. The van der Waals surface area contributed by atoms with Crippen molar-refractivity contribution in [2.75, 3.05) is 6.54 Å². The van der Waals surface area contributed by atoms with E-state index in [0.717, 1.165) is 18.6 Å². The molecule has 2 rings (SSSR count). The van der Waals surface area contributed by atoms with Crippen molar-refractivity contribution in [1.29, 1.82) is 0 Å². The van der Waals surface area contributed by atoms with Crippen LogP contribution >= 0.6 is 0 Å². The van der Waals surface area contributed by atoms with Gasteiger partial charge in [0, 0.05) is 0 Å². The zero-order valence-electron chi connectivity index (χ0n) is 11.4. The Balaban J connectivity index is 2.49. The molecule has 0 amide bonds. The van der Waals surface area contributed by atoms with Crippen LogP contribution in [0.3, 0.4) is 0 Å². The monoisotopic (exact) mass is 321 g/mol. The molecule has 0 saturated heterocycles. The minimum absolute atomic E-state index is 0.179. The molecule has 3 nitrogen and oxygen atoms in total. The van der Waals surface area contributed by atoms with Gasteiger partial charge in [0.05, 0.1) is 15.7 Å². The van der Waals surface area contributed by atoms with E-state index in [1.165, 1.54) is 12.1 Å². The van der Waals surface area contributed by atoms with Gasteiger partial charge in [-0.2, -0.15) is 13.2 Å². The maximum absolute atomic E-state index is 13.0. The molecule has 0 bridgehead atoms. The van der Waals surface area contributed by atoms with Gasteiger partial charge in [-0.25, -0.2) is 8.42 Å². The Morgan fingerprint density at radius 3 is 2.38 bits per heavy atom. The lowest BCUT2D eigenvalue weighted by molar-refractivity contribution is -0.139. The van der Waals surface area contributed by atoms with Crippen LogP contribution in [0, 0.1) is 5.92 Å². The van der Waals surface area contributed by atoms with Gasteiger partial charge in [0.15, 0.2) is 9.84 Å². The number of nitrogens with two attached hydrogens (primary N) is 1. The third-order valence-corrected chi connectivity index (χ3v) is 6.43. The zero-order chi connectivity index (χ0) is 15.7. The van der Waals surface area contributed by atoms with Crippen LogP contribution in [0.4, 0.5) is 13.2 Å². The van der Waals surface area contributed by atoms with Crippen molar-refractivity contribution >= 4 is 9.84 Å². The van der Waals surface area contributed by atoms with Crippen molar-refractivity contribution in [1.82, 2.24) is 0 Å². The zero-order valence-corrected chi connectivity index (χ0v) is 12.3. The number of alkyl halides is 3. The molecule has 0 heterocycles. The van der Waals surface area contributed by atoms with E-state index in [1.807, 2.05) is 0 Å². The average Bonchev–Trinajstić information content (AvgIpc) is 2.46. The highest BCUT2D eigenvalue weighted by atomic mass is 32.2. The van der Waals surface area contributed by atoms with Crippen molar-refractivity contribution in [2.45, 2.75) is 42.0 Å². The fraction of sp³-hybridized carbons (Fsp3) is 0.571. The first-order valence-electron chi connectivity index (χ1n) is 6.88. The van der Waals surface area contributed by atoms with Crippen LogP contribution < -0.4 is 5.73 Å². The maximum atomic E-state index is 13.0. The summed E-state index contributed by atoms with van der Waals surface area (Å²) in [7, 11) is -4.04. The largest absolute Gasteiger partial charge is 0.417 e. The van der Waals surface area contributed by atoms with Crippen LogP contribution in [0.25, 0.3) is 0 Å². The van der Waals surface area contributed by atoms with Crippen LogP contribution in [0.5, 0.6) is 0 Å². The lowest BCUT2D eigenvalue weighted by Gasteiger charge is -2.31. The smallest absolute Gasteiger partial charge is 0.330 e. The molecule has 21 heavy (non-hydrogen) atoms. The van der Waals surface area contributed by atoms with E-state index in [0.29, 0.717) is 19.3 Å². The Morgan fingerprint density at radius 2 is 1.76 bits per heavy atom. The fourth-order valence-corrected chi connectivity index (χ4v) is 5.28. The quantitative estimate of drug-likeness (QED) is 0.931. The first-order valence-corrected chi connectivity index (χ1v) is 8.43. The van der Waals surface area contributed by atoms with Gasteiger partial charge in [0.2, 0.25) is 0 Å². The van der Waals surface area contributed by atoms with Crippen LogP contribution in [0.15, 0.2) is 29.2 Å². The normalized spacial score (nSPS) is 24.0. The molecule has 2 unspecified atom stereocenters. The summed E-state index contributed by atoms with van der Waals surface area (Å²) in [4.78, 5) is -0.622. The Hall–Kier alpha value is -1.08. The number of hydrogen-bond acceptors (Lipinski definition) is 3.